The third kappa shape index (κ3) is 3.85. The highest BCUT2D eigenvalue weighted by Crippen LogP contribution is 2.36. The van der Waals surface area contributed by atoms with E-state index in [4.69, 9.17) is 9.47 Å². The number of hydrogen-bond donors (Lipinski definition) is 1. The molecule has 0 saturated carbocycles. The molecule has 3 heterocycles. The van der Waals surface area contributed by atoms with Gasteiger partial charge in [-0.15, -0.1) is 0 Å². The number of fused-ring (bicyclic) bond motifs is 1. The van der Waals surface area contributed by atoms with Crippen molar-refractivity contribution in [2.75, 3.05) is 25.2 Å². The number of ether oxygens (including phenoxy) is 2. The van der Waals surface area contributed by atoms with Crippen molar-refractivity contribution in [2.24, 2.45) is 5.41 Å². The normalized spacial score (nSPS) is 17.7. The zero-order valence-corrected chi connectivity index (χ0v) is 16.8. The minimum Gasteiger partial charge on any atom is -0.454 e. The summed E-state index contributed by atoms with van der Waals surface area (Å²) < 4.78 is 13.1. The molecule has 0 spiro atoms. The Morgan fingerprint density at radius 3 is 2.75 bits per heavy atom. The Labute approximate surface area is 165 Å². The van der Waals surface area contributed by atoms with E-state index in [1.807, 2.05) is 43.7 Å². The van der Waals surface area contributed by atoms with E-state index < -0.39 is 5.41 Å². The lowest BCUT2D eigenvalue weighted by Gasteiger charge is -2.33. The van der Waals surface area contributed by atoms with Gasteiger partial charge in [0, 0.05) is 36.7 Å². The highest BCUT2D eigenvalue weighted by Gasteiger charge is 2.27. The van der Waals surface area contributed by atoms with E-state index in [9.17, 15) is 4.79 Å². The minimum atomic E-state index is -0.430. The first kappa shape index (κ1) is 18.8. The number of para-hydroxylation sites is 1. The van der Waals surface area contributed by atoms with Gasteiger partial charge in [-0.1, -0.05) is 32.9 Å². The quantitative estimate of drug-likeness (QED) is 0.875. The fourth-order valence-corrected chi connectivity index (χ4v) is 3.69. The minimum absolute atomic E-state index is 0.00633. The lowest BCUT2D eigenvalue weighted by Crippen LogP contribution is -2.35. The number of nitrogens with zero attached hydrogens (tertiary/aromatic N) is 3. The number of aromatic nitrogens is 2. The van der Waals surface area contributed by atoms with E-state index in [2.05, 4.69) is 21.4 Å². The summed E-state index contributed by atoms with van der Waals surface area (Å²) in [6.07, 6.45) is 3.74. The Hall–Kier alpha value is -2.54. The third-order valence-electron chi connectivity index (χ3n) is 5.37. The first-order valence-electron chi connectivity index (χ1n) is 9.86. The molecule has 1 N–H and O–H groups in total. The number of hydrogen-bond acceptors (Lipinski definition) is 5. The molecule has 1 aromatic heterocycles. The summed E-state index contributed by atoms with van der Waals surface area (Å²) in [6.45, 7) is 8.84. The van der Waals surface area contributed by atoms with Gasteiger partial charge < -0.3 is 14.8 Å². The zero-order chi connectivity index (χ0) is 19.7. The van der Waals surface area contributed by atoms with Crippen molar-refractivity contribution in [3.63, 3.8) is 0 Å². The fraction of sp³-hybridized carbons (Fsp3) is 0.524. The van der Waals surface area contributed by atoms with Gasteiger partial charge in [0.05, 0.1) is 12.2 Å². The van der Waals surface area contributed by atoms with Crippen LogP contribution >= 0.6 is 0 Å². The van der Waals surface area contributed by atoms with Crippen LogP contribution in [0.2, 0.25) is 0 Å². The number of likely N-dealkylation sites (tertiary alicyclic amines) is 1. The van der Waals surface area contributed by atoms with Crippen LogP contribution < -0.4 is 14.8 Å². The van der Waals surface area contributed by atoms with Gasteiger partial charge in [0.25, 0.3) is 0 Å². The van der Waals surface area contributed by atoms with Crippen molar-refractivity contribution >= 4 is 11.7 Å². The summed E-state index contributed by atoms with van der Waals surface area (Å²) in [4.78, 5) is 14.8. The van der Waals surface area contributed by atoms with Crippen LogP contribution in [0.3, 0.4) is 0 Å². The molecule has 4 rings (SSSR count). The number of nitrogens with one attached hydrogen (secondary N) is 1. The summed E-state index contributed by atoms with van der Waals surface area (Å²) >= 11 is 0. The maximum absolute atomic E-state index is 12.3. The van der Waals surface area contributed by atoms with Crippen LogP contribution in [-0.4, -0.2) is 40.5 Å². The van der Waals surface area contributed by atoms with Gasteiger partial charge in [-0.3, -0.25) is 9.69 Å². The fourth-order valence-electron chi connectivity index (χ4n) is 3.69. The highest BCUT2D eigenvalue weighted by molar-refractivity contribution is 5.93. The predicted octanol–water partition coefficient (Wildman–Crippen LogP) is 3.43. The monoisotopic (exact) mass is 384 g/mol. The predicted molar refractivity (Wildman–Crippen MR) is 106 cm³/mol. The van der Waals surface area contributed by atoms with Gasteiger partial charge in [0.15, 0.2) is 11.5 Å². The largest absolute Gasteiger partial charge is 0.454 e. The van der Waals surface area contributed by atoms with Crippen molar-refractivity contribution in [3.05, 3.63) is 36.0 Å². The Balaban J connectivity index is 1.37. The van der Waals surface area contributed by atoms with Crippen LogP contribution in [0.5, 0.6) is 11.5 Å². The second kappa shape index (κ2) is 7.47. The summed E-state index contributed by atoms with van der Waals surface area (Å²) in [5.41, 5.74) is 0.742. The first-order valence-corrected chi connectivity index (χ1v) is 9.86. The smallest absolute Gasteiger partial charge is 0.231 e. The number of amides is 1. The molecule has 1 saturated heterocycles. The molecule has 0 atom stereocenters. The van der Waals surface area contributed by atoms with E-state index in [0.717, 1.165) is 49.8 Å². The number of carbonyl (C=O) groups excluding carboxylic acids is 1. The average Bonchev–Trinajstić information content (AvgIpc) is 3.31. The molecule has 7 heteroatoms. The lowest BCUT2D eigenvalue weighted by molar-refractivity contribution is -0.123. The molecule has 2 aromatic rings. The van der Waals surface area contributed by atoms with Crippen molar-refractivity contribution in [3.8, 4) is 11.5 Å². The van der Waals surface area contributed by atoms with Crippen LogP contribution in [0.25, 0.3) is 0 Å². The Bertz CT molecular complexity index is 848. The molecule has 1 amide bonds. The summed E-state index contributed by atoms with van der Waals surface area (Å²) in [5.74, 6) is 2.50. The van der Waals surface area contributed by atoms with Crippen molar-refractivity contribution in [1.29, 1.82) is 0 Å². The third-order valence-corrected chi connectivity index (χ3v) is 5.37. The van der Waals surface area contributed by atoms with Crippen molar-refractivity contribution < 1.29 is 14.3 Å². The van der Waals surface area contributed by atoms with Gasteiger partial charge >= 0.3 is 0 Å². The van der Waals surface area contributed by atoms with Gasteiger partial charge in [-0.05, 0) is 18.9 Å². The number of piperidine rings is 1. The Kier molecular flexibility index (Phi) is 5.02. The van der Waals surface area contributed by atoms with Crippen LogP contribution in [0.4, 0.5) is 5.82 Å². The van der Waals surface area contributed by atoms with Crippen LogP contribution in [-0.2, 0) is 11.3 Å². The summed E-state index contributed by atoms with van der Waals surface area (Å²) in [6, 6.07) is 8.24. The second-order valence-corrected chi connectivity index (χ2v) is 8.52. The lowest BCUT2D eigenvalue weighted by atomic mass is 9.96. The maximum atomic E-state index is 12.3. The van der Waals surface area contributed by atoms with E-state index in [0.29, 0.717) is 12.8 Å². The molecule has 150 valence electrons. The molecular formula is C21H28N4O3. The molecule has 28 heavy (non-hydrogen) atoms. The molecule has 0 unspecified atom stereocenters. The Morgan fingerprint density at radius 1 is 1.21 bits per heavy atom. The van der Waals surface area contributed by atoms with Crippen LogP contribution in [0.1, 0.15) is 45.2 Å². The van der Waals surface area contributed by atoms with Gasteiger partial charge in [0.2, 0.25) is 12.7 Å². The van der Waals surface area contributed by atoms with E-state index in [1.165, 1.54) is 5.56 Å². The number of benzene rings is 1. The molecule has 2 aliphatic heterocycles. The molecule has 0 bridgehead atoms. The van der Waals surface area contributed by atoms with Crippen LogP contribution in [0, 0.1) is 5.41 Å². The molecule has 1 fully saturated rings. The number of rotatable bonds is 4. The first-order chi connectivity index (χ1) is 13.4. The molecule has 0 radical (unpaired) electrons. The Morgan fingerprint density at radius 2 is 2.00 bits per heavy atom. The van der Waals surface area contributed by atoms with Gasteiger partial charge in [-0.2, -0.15) is 5.10 Å². The maximum Gasteiger partial charge on any atom is 0.231 e. The van der Waals surface area contributed by atoms with Crippen molar-refractivity contribution in [1.82, 2.24) is 14.7 Å². The molecule has 7 nitrogen and oxygen atoms in total. The van der Waals surface area contributed by atoms with E-state index in [-0.39, 0.29) is 5.91 Å². The topological polar surface area (TPSA) is 68.6 Å². The number of carbonyl (C=O) groups is 1. The van der Waals surface area contributed by atoms with E-state index in [1.54, 1.807) is 6.20 Å². The number of anilines is 1. The second-order valence-electron chi connectivity index (χ2n) is 8.52. The molecule has 2 aliphatic rings. The molecule has 1 aromatic carbocycles. The van der Waals surface area contributed by atoms with E-state index >= 15 is 0 Å². The summed E-state index contributed by atoms with van der Waals surface area (Å²) in [7, 11) is 0. The van der Waals surface area contributed by atoms with Crippen LogP contribution in [0.15, 0.2) is 30.5 Å². The average molecular weight is 384 g/mol. The molecule has 0 aliphatic carbocycles. The van der Waals surface area contributed by atoms with Crippen molar-refractivity contribution in [2.45, 2.75) is 46.2 Å². The van der Waals surface area contributed by atoms with Gasteiger partial charge in [0.1, 0.15) is 5.82 Å². The van der Waals surface area contributed by atoms with Gasteiger partial charge in [-0.25, -0.2) is 4.68 Å². The molecular weight excluding hydrogens is 356 g/mol. The SMILES string of the molecule is CC(C)(C)C(=O)Nc1ccnn1C1CCN(Cc2cccc3c2OCO3)CC1. The standard InChI is InChI=1S/C21H28N4O3/c1-21(2,3)20(26)23-18-7-10-22-25(18)16-8-11-24(12-9-16)13-15-5-4-6-17-19(15)28-14-27-17/h4-7,10,16H,8-9,11-14H2,1-3H3,(H,23,26). The zero-order valence-electron chi connectivity index (χ0n) is 16.8. The highest BCUT2D eigenvalue weighted by atomic mass is 16.7. The summed E-state index contributed by atoms with van der Waals surface area (Å²) in [5, 5.41) is 7.50.